The van der Waals surface area contributed by atoms with Crippen molar-refractivity contribution in [1.29, 1.82) is 0 Å². The number of nitrogens with zero attached hydrogens (tertiary/aromatic N) is 1. The van der Waals surface area contributed by atoms with Gasteiger partial charge in [0.25, 0.3) is 0 Å². The summed E-state index contributed by atoms with van der Waals surface area (Å²) in [5, 5.41) is 6.06. The molecule has 2 heterocycles. The van der Waals surface area contributed by atoms with Crippen LogP contribution >= 0.6 is 0 Å². The van der Waals surface area contributed by atoms with E-state index in [4.69, 9.17) is 4.74 Å². The summed E-state index contributed by atoms with van der Waals surface area (Å²) in [5.74, 6) is 0.145. The average molecular weight is 478 g/mol. The van der Waals surface area contributed by atoms with Gasteiger partial charge in [-0.05, 0) is 23.8 Å². The van der Waals surface area contributed by atoms with Crippen LogP contribution in [-0.4, -0.2) is 58.7 Å². The molecule has 2 aliphatic rings. The summed E-state index contributed by atoms with van der Waals surface area (Å²) in [6.07, 6.45) is 0. The molecule has 176 valence electrons. The molecule has 2 aliphatic heterocycles. The Morgan fingerprint density at radius 3 is 2.50 bits per heavy atom. The number of hydrogen-bond donors (Lipinski definition) is 2. The molecule has 0 aliphatic carbocycles. The fraction of sp³-hybridized carbons (Fsp3) is 0.269. The number of ether oxygens (including phenoxy) is 1. The van der Waals surface area contributed by atoms with E-state index in [1.807, 2.05) is 18.2 Å². The van der Waals surface area contributed by atoms with E-state index >= 15 is 0 Å². The first kappa shape index (κ1) is 22.6. The lowest BCUT2D eigenvalue weighted by molar-refractivity contribution is 0.159. The van der Waals surface area contributed by atoms with Gasteiger partial charge in [-0.3, -0.25) is 4.90 Å². The molecule has 5 rings (SSSR count). The maximum Gasteiger partial charge on any atom is 0.319 e. The highest BCUT2D eigenvalue weighted by molar-refractivity contribution is 7.92. The number of rotatable bonds is 6. The number of urea groups is 1. The summed E-state index contributed by atoms with van der Waals surface area (Å²) >= 11 is 0. The lowest BCUT2D eigenvalue weighted by Gasteiger charge is -2.21. The minimum absolute atomic E-state index is 0.0907. The van der Waals surface area contributed by atoms with E-state index < -0.39 is 9.84 Å². The Morgan fingerprint density at radius 2 is 1.71 bits per heavy atom. The zero-order valence-electron chi connectivity index (χ0n) is 18.9. The molecule has 1 saturated heterocycles. The van der Waals surface area contributed by atoms with E-state index in [0.29, 0.717) is 30.0 Å². The second-order valence-electron chi connectivity index (χ2n) is 8.65. The fourth-order valence-electron chi connectivity index (χ4n) is 4.96. The Balaban J connectivity index is 1.38. The zero-order valence-corrected chi connectivity index (χ0v) is 19.7. The number of carbonyl (C=O) groups is 1. The molecule has 0 aromatic heterocycles. The molecule has 3 aromatic rings. The second kappa shape index (κ2) is 9.21. The normalized spacial score (nSPS) is 20.5. The van der Waals surface area contributed by atoms with Crippen LogP contribution in [-0.2, 0) is 14.6 Å². The molecule has 7 nitrogen and oxygen atoms in total. The molecule has 0 saturated carbocycles. The van der Waals surface area contributed by atoms with E-state index in [9.17, 15) is 13.2 Å². The third-order valence-electron chi connectivity index (χ3n) is 6.56. The third-order valence-corrected chi connectivity index (χ3v) is 8.42. The number of methoxy groups -OCH3 is 1. The second-order valence-corrected chi connectivity index (χ2v) is 10.5. The van der Waals surface area contributed by atoms with Gasteiger partial charge in [0.05, 0.1) is 28.1 Å². The van der Waals surface area contributed by atoms with Gasteiger partial charge in [-0.25, -0.2) is 13.2 Å². The number of sulfone groups is 1. The number of fused-ring (bicyclic) bond motifs is 3. The molecular formula is C26H27N3O4S. The highest BCUT2D eigenvalue weighted by atomic mass is 32.2. The van der Waals surface area contributed by atoms with Crippen LogP contribution in [0.2, 0.25) is 0 Å². The lowest BCUT2D eigenvalue weighted by Crippen LogP contribution is -2.42. The van der Waals surface area contributed by atoms with Gasteiger partial charge >= 0.3 is 6.03 Å². The fourth-order valence-corrected chi connectivity index (χ4v) is 6.66. The van der Waals surface area contributed by atoms with Crippen LogP contribution in [0.15, 0.2) is 82.6 Å². The van der Waals surface area contributed by atoms with Gasteiger partial charge in [0, 0.05) is 43.8 Å². The molecule has 2 amide bonds. The molecule has 0 spiro atoms. The predicted molar refractivity (Wildman–Crippen MR) is 131 cm³/mol. The maximum atomic E-state index is 13.1. The van der Waals surface area contributed by atoms with Gasteiger partial charge < -0.3 is 15.4 Å². The Kier molecular flexibility index (Phi) is 6.12. The van der Waals surface area contributed by atoms with Crippen LogP contribution in [0.25, 0.3) is 11.1 Å². The smallest absolute Gasteiger partial charge is 0.319 e. The summed E-state index contributed by atoms with van der Waals surface area (Å²) in [6.45, 7) is 2.95. The number of benzene rings is 3. The van der Waals surface area contributed by atoms with Crippen molar-refractivity contribution in [3.05, 3.63) is 78.4 Å². The predicted octanol–water partition coefficient (Wildman–Crippen LogP) is 3.74. The van der Waals surface area contributed by atoms with Crippen molar-refractivity contribution < 1.29 is 17.9 Å². The van der Waals surface area contributed by atoms with Crippen LogP contribution in [0.4, 0.5) is 10.5 Å². The lowest BCUT2D eigenvalue weighted by atomic mass is 9.94. The van der Waals surface area contributed by atoms with Gasteiger partial charge in [-0.1, -0.05) is 54.6 Å². The molecule has 0 radical (unpaired) electrons. The van der Waals surface area contributed by atoms with Crippen LogP contribution in [0.3, 0.4) is 0 Å². The summed E-state index contributed by atoms with van der Waals surface area (Å²) in [7, 11) is -1.91. The third kappa shape index (κ3) is 4.09. The SMILES string of the molecule is COCCN1CC(NC(=O)Nc2cccc3c2-c2ccccc2S3(=O)=O)C(c2ccccc2)C1. The summed E-state index contributed by atoms with van der Waals surface area (Å²) in [5.41, 5.74) is 2.81. The standard InChI is InChI=1S/C26H27N3O4S/c1-33-15-14-29-16-20(18-8-3-2-4-9-18)22(17-29)28-26(30)27-21-11-7-13-24-25(21)19-10-5-6-12-23(19)34(24,31)32/h2-13,20,22H,14-17H2,1H3,(H2,27,28,30). The van der Waals surface area contributed by atoms with E-state index in [1.54, 1.807) is 49.6 Å². The maximum absolute atomic E-state index is 13.1. The van der Waals surface area contributed by atoms with E-state index in [2.05, 4.69) is 27.7 Å². The summed E-state index contributed by atoms with van der Waals surface area (Å²) in [6, 6.07) is 21.6. The zero-order chi connectivity index (χ0) is 23.7. The number of anilines is 1. The van der Waals surface area contributed by atoms with Crippen LogP contribution in [0, 0.1) is 0 Å². The Hall–Kier alpha value is -3.20. The van der Waals surface area contributed by atoms with Crippen molar-refractivity contribution in [3.8, 4) is 11.1 Å². The Labute approximate surface area is 199 Å². The number of likely N-dealkylation sites (tertiary alicyclic amines) is 1. The number of nitrogens with one attached hydrogen (secondary N) is 2. The highest BCUT2D eigenvalue weighted by Crippen LogP contribution is 2.46. The number of amides is 2. The highest BCUT2D eigenvalue weighted by Gasteiger charge is 2.36. The quantitative estimate of drug-likeness (QED) is 0.442. The molecule has 2 N–H and O–H groups in total. The molecule has 34 heavy (non-hydrogen) atoms. The minimum Gasteiger partial charge on any atom is -0.383 e. The molecular weight excluding hydrogens is 450 g/mol. The van der Waals surface area contributed by atoms with Crippen molar-refractivity contribution >= 4 is 21.6 Å². The molecule has 0 bridgehead atoms. The van der Waals surface area contributed by atoms with Crippen LogP contribution < -0.4 is 10.6 Å². The number of carbonyl (C=O) groups excluding carboxylic acids is 1. The van der Waals surface area contributed by atoms with Gasteiger partial charge in [0.15, 0.2) is 0 Å². The van der Waals surface area contributed by atoms with Crippen LogP contribution in [0.5, 0.6) is 0 Å². The first-order valence-corrected chi connectivity index (χ1v) is 12.8. The van der Waals surface area contributed by atoms with Crippen molar-refractivity contribution in [2.45, 2.75) is 21.8 Å². The van der Waals surface area contributed by atoms with E-state index in [0.717, 1.165) is 13.1 Å². The van der Waals surface area contributed by atoms with E-state index in [-0.39, 0.29) is 27.8 Å². The first-order valence-electron chi connectivity index (χ1n) is 11.3. The molecule has 2 atom stereocenters. The molecule has 2 unspecified atom stereocenters. The van der Waals surface area contributed by atoms with Crippen LogP contribution in [0.1, 0.15) is 11.5 Å². The van der Waals surface area contributed by atoms with Crippen molar-refractivity contribution in [1.82, 2.24) is 10.2 Å². The summed E-state index contributed by atoms with van der Waals surface area (Å²) in [4.78, 5) is 15.9. The van der Waals surface area contributed by atoms with Crippen molar-refractivity contribution in [2.24, 2.45) is 0 Å². The number of hydrogen-bond acceptors (Lipinski definition) is 5. The van der Waals surface area contributed by atoms with Gasteiger partial charge in [0.1, 0.15) is 0 Å². The van der Waals surface area contributed by atoms with Gasteiger partial charge in [0.2, 0.25) is 9.84 Å². The minimum atomic E-state index is -3.60. The van der Waals surface area contributed by atoms with Crippen molar-refractivity contribution in [2.75, 3.05) is 38.7 Å². The van der Waals surface area contributed by atoms with Gasteiger partial charge in [-0.2, -0.15) is 0 Å². The molecule has 8 heteroatoms. The van der Waals surface area contributed by atoms with Gasteiger partial charge in [-0.15, -0.1) is 0 Å². The Bertz CT molecular complexity index is 1310. The molecule has 1 fully saturated rings. The monoisotopic (exact) mass is 477 g/mol. The molecule has 3 aromatic carbocycles. The topological polar surface area (TPSA) is 87.7 Å². The average Bonchev–Trinajstić information content (AvgIpc) is 3.35. The van der Waals surface area contributed by atoms with Crippen molar-refractivity contribution in [3.63, 3.8) is 0 Å². The Morgan fingerprint density at radius 1 is 0.971 bits per heavy atom. The largest absolute Gasteiger partial charge is 0.383 e. The summed E-state index contributed by atoms with van der Waals surface area (Å²) < 4.78 is 31.2. The first-order chi connectivity index (χ1) is 16.5. The van der Waals surface area contributed by atoms with E-state index in [1.165, 1.54) is 5.56 Å².